The van der Waals surface area contributed by atoms with Gasteiger partial charge in [-0.15, -0.1) is 0 Å². The summed E-state index contributed by atoms with van der Waals surface area (Å²) in [6.07, 6.45) is 0. The zero-order valence-corrected chi connectivity index (χ0v) is 12.1. The van der Waals surface area contributed by atoms with Crippen molar-refractivity contribution in [2.45, 2.75) is 13.8 Å². The van der Waals surface area contributed by atoms with Gasteiger partial charge in [0.2, 0.25) is 0 Å². The average Bonchev–Trinajstić information content (AvgIpc) is 2.42. The summed E-state index contributed by atoms with van der Waals surface area (Å²) in [6, 6.07) is 5.54. The quantitative estimate of drug-likeness (QED) is 0.863. The standard InChI is InChI=1S/C14H15ClN2O2/c1-8-9(2)17-14(15)13(16-8)10-5-6-11(18-3)12(7-10)19-4/h5-7H,1-4H3. The lowest BCUT2D eigenvalue weighted by molar-refractivity contribution is 0.355. The highest BCUT2D eigenvalue weighted by atomic mass is 35.5. The van der Waals surface area contributed by atoms with Crippen molar-refractivity contribution < 1.29 is 9.47 Å². The minimum absolute atomic E-state index is 0.385. The third kappa shape index (κ3) is 2.63. The Balaban J connectivity index is 2.56. The van der Waals surface area contributed by atoms with Crippen LogP contribution in [0.5, 0.6) is 11.5 Å². The molecule has 2 aromatic rings. The van der Waals surface area contributed by atoms with Gasteiger partial charge in [0.1, 0.15) is 5.69 Å². The van der Waals surface area contributed by atoms with Crippen LogP contribution in [0.15, 0.2) is 18.2 Å². The van der Waals surface area contributed by atoms with Crippen LogP contribution in [0.25, 0.3) is 11.3 Å². The summed E-state index contributed by atoms with van der Waals surface area (Å²) < 4.78 is 10.5. The molecule has 2 rings (SSSR count). The fraction of sp³-hybridized carbons (Fsp3) is 0.286. The highest BCUT2D eigenvalue weighted by Crippen LogP contribution is 2.33. The molecule has 0 saturated heterocycles. The monoisotopic (exact) mass is 278 g/mol. The Morgan fingerprint density at radius 2 is 1.58 bits per heavy atom. The maximum Gasteiger partial charge on any atom is 0.161 e. The van der Waals surface area contributed by atoms with Gasteiger partial charge in [-0.3, -0.25) is 0 Å². The summed E-state index contributed by atoms with van der Waals surface area (Å²) >= 11 is 6.16. The van der Waals surface area contributed by atoms with E-state index in [1.807, 2.05) is 32.0 Å². The van der Waals surface area contributed by atoms with Gasteiger partial charge in [0.05, 0.1) is 25.6 Å². The molecule has 0 bridgehead atoms. The van der Waals surface area contributed by atoms with E-state index in [9.17, 15) is 0 Å². The first-order chi connectivity index (χ1) is 9.06. The molecular formula is C14H15ClN2O2. The third-order valence-corrected chi connectivity index (χ3v) is 3.18. The summed E-state index contributed by atoms with van der Waals surface area (Å²) in [5.74, 6) is 1.30. The second kappa shape index (κ2) is 5.45. The zero-order chi connectivity index (χ0) is 14.0. The molecule has 0 atom stereocenters. The molecule has 0 aliphatic heterocycles. The van der Waals surface area contributed by atoms with Crippen LogP contribution in [-0.2, 0) is 0 Å². The molecule has 0 aliphatic carbocycles. The molecule has 1 aromatic carbocycles. The zero-order valence-electron chi connectivity index (χ0n) is 11.3. The minimum Gasteiger partial charge on any atom is -0.493 e. The SMILES string of the molecule is COc1ccc(-c2nc(C)c(C)nc2Cl)cc1OC. The lowest BCUT2D eigenvalue weighted by Gasteiger charge is -2.11. The van der Waals surface area contributed by atoms with E-state index in [1.165, 1.54) is 0 Å². The van der Waals surface area contributed by atoms with Crippen LogP contribution in [0.3, 0.4) is 0 Å². The van der Waals surface area contributed by atoms with Crippen LogP contribution in [-0.4, -0.2) is 24.2 Å². The third-order valence-electron chi connectivity index (χ3n) is 2.92. The van der Waals surface area contributed by atoms with E-state index >= 15 is 0 Å². The van der Waals surface area contributed by atoms with Crippen molar-refractivity contribution in [1.82, 2.24) is 9.97 Å². The number of ether oxygens (including phenoxy) is 2. The van der Waals surface area contributed by atoms with Gasteiger partial charge in [-0.2, -0.15) is 0 Å². The van der Waals surface area contributed by atoms with Crippen LogP contribution in [0.4, 0.5) is 0 Å². The van der Waals surface area contributed by atoms with E-state index in [-0.39, 0.29) is 0 Å². The maximum absolute atomic E-state index is 6.16. The first kappa shape index (κ1) is 13.6. The van der Waals surface area contributed by atoms with Crippen LogP contribution >= 0.6 is 11.6 Å². The van der Waals surface area contributed by atoms with Gasteiger partial charge in [-0.1, -0.05) is 11.6 Å². The smallest absolute Gasteiger partial charge is 0.161 e. The molecule has 0 unspecified atom stereocenters. The summed E-state index contributed by atoms with van der Waals surface area (Å²) in [5.41, 5.74) is 3.17. The highest BCUT2D eigenvalue weighted by molar-refractivity contribution is 6.31. The molecular weight excluding hydrogens is 264 g/mol. The van der Waals surface area contributed by atoms with E-state index in [0.717, 1.165) is 17.0 Å². The van der Waals surface area contributed by atoms with Crippen molar-refractivity contribution in [2.75, 3.05) is 14.2 Å². The largest absolute Gasteiger partial charge is 0.493 e. The number of methoxy groups -OCH3 is 2. The Labute approximate surface area is 117 Å². The second-order valence-electron chi connectivity index (χ2n) is 4.10. The van der Waals surface area contributed by atoms with E-state index in [4.69, 9.17) is 21.1 Å². The van der Waals surface area contributed by atoms with Crippen molar-refractivity contribution in [3.63, 3.8) is 0 Å². The van der Waals surface area contributed by atoms with Crippen molar-refractivity contribution in [3.8, 4) is 22.8 Å². The lowest BCUT2D eigenvalue weighted by Crippen LogP contribution is -1.97. The van der Waals surface area contributed by atoms with Gasteiger partial charge in [-0.05, 0) is 32.0 Å². The molecule has 0 radical (unpaired) electrons. The molecule has 19 heavy (non-hydrogen) atoms. The Hall–Kier alpha value is -1.81. The molecule has 0 amide bonds. The molecule has 0 aliphatic rings. The van der Waals surface area contributed by atoms with Crippen LogP contribution in [0, 0.1) is 13.8 Å². The van der Waals surface area contributed by atoms with Crippen molar-refractivity contribution in [2.24, 2.45) is 0 Å². The predicted octanol–water partition coefficient (Wildman–Crippen LogP) is 3.43. The first-order valence-electron chi connectivity index (χ1n) is 5.80. The highest BCUT2D eigenvalue weighted by Gasteiger charge is 2.12. The molecule has 4 nitrogen and oxygen atoms in total. The van der Waals surface area contributed by atoms with Crippen LogP contribution in [0.2, 0.25) is 5.15 Å². The summed E-state index contributed by atoms with van der Waals surface area (Å²) in [6.45, 7) is 3.79. The number of rotatable bonds is 3. The topological polar surface area (TPSA) is 44.2 Å². The fourth-order valence-electron chi connectivity index (χ4n) is 1.74. The Morgan fingerprint density at radius 3 is 2.21 bits per heavy atom. The van der Waals surface area contributed by atoms with E-state index < -0.39 is 0 Å². The normalized spacial score (nSPS) is 10.4. The number of benzene rings is 1. The van der Waals surface area contributed by atoms with Crippen molar-refractivity contribution in [3.05, 3.63) is 34.7 Å². The maximum atomic E-state index is 6.16. The molecule has 0 saturated carbocycles. The van der Waals surface area contributed by atoms with Crippen LogP contribution < -0.4 is 9.47 Å². The minimum atomic E-state index is 0.385. The van der Waals surface area contributed by atoms with Gasteiger partial charge in [-0.25, -0.2) is 9.97 Å². The van der Waals surface area contributed by atoms with E-state index in [0.29, 0.717) is 22.3 Å². The number of aryl methyl sites for hydroxylation is 2. The number of hydrogen-bond acceptors (Lipinski definition) is 4. The second-order valence-corrected chi connectivity index (χ2v) is 4.46. The molecule has 1 heterocycles. The fourth-order valence-corrected chi connectivity index (χ4v) is 2.02. The van der Waals surface area contributed by atoms with Gasteiger partial charge in [0, 0.05) is 5.56 Å². The summed E-state index contributed by atoms with van der Waals surface area (Å²) in [4.78, 5) is 8.76. The predicted molar refractivity (Wildman–Crippen MR) is 75.1 cm³/mol. The average molecular weight is 279 g/mol. The molecule has 0 N–H and O–H groups in total. The first-order valence-corrected chi connectivity index (χ1v) is 6.17. The van der Waals surface area contributed by atoms with Gasteiger partial charge in [0.15, 0.2) is 16.7 Å². The molecule has 1 aromatic heterocycles. The lowest BCUT2D eigenvalue weighted by atomic mass is 10.1. The summed E-state index contributed by atoms with van der Waals surface area (Å²) in [7, 11) is 3.19. The Kier molecular flexibility index (Phi) is 3.90. The van der Waals surface area contributed by atoms with Crippen molar-refractivity contribution in [1.29, 1.82) is 0 Å². The Bertz CT molecular complexity index is 615. The van der Waals surface area contributed by atoms with Gasteiger partial charge in [0.25, 0.3) is 0 Å². The number of aromatic nitrogens is 2. The van der Waals surface area contributed by atoms with Gasteiger partial charge >= 0.3 is 0 Å². The molecule has 100 valence electrons. The molecule has 0 fully saturated rings. The van der Waals surface area contributed by atoms with Crippen molar-refractivity contribution >= 4 is 11.6 Å². The number of halogens is 1. The number of hydrogen-bond donors (Lipinski definition) is 0. The Morgan fingerprint density at radius 1 is 0.947 bits per heavy atom. The van der Waals surface area contributed by atoms with Gasteiger partial charge < -0.3 is 9.47 Å². The van der Waals surface area contributed by atoms with E-state index in [2.05, 4.69) is 9.97 Å². The molecule has 5 heteroatoms. The van der Waals surface area contributed by atoms with E-state index in [1.54, 1.807) is 14.2 Å². The molecule has 0 spiro atoms. The van der Waals surface area contributed by atoms with Crippen LogP contribution in [0.1, 0.15) is 11.4 Å². The summed E-state index contributed by atoms with van der Waals surface area (Å²) in [5, 5.41) is 0.385. The number of nitrogens with zero attached hydrogens (tertiary/aromatic N) is 2.